The summed E-state index contributed by atoms with van der Waals surface area (Å²) in [7, 11) is 0. The average Bonchev–Trinajstić information content (AvgIpc) is 2.76. The molecule has 0 spiro atoms. The summed E-state index contributed by atoms with van der Waals surface area (Å²) in [5.74, 6) is 0.171. The Kier molecular flexibility index (Phi) is 6.83. The number of carbonyl (C=O) groups is 2. The van der Waals surface area contributed by atoms with Crippen LogP contribution in [0.5, 0.6) is 0 Å². The zero-order valence-electron chi connectivity index (χ0n) is 13.0. The van der Waals surface area contributed by atoms with Crippen molar-refractivity contribution < 1.29 is 9.59 Å². The fourth-order valence-corrected chi connectivity index (χ4v) is 3.24. The number of rotatable bonds is 4. The molecule has 120 valence electrons. The van der Waals surface area contributed by atoms with Crippen molar-refractivity contribution in [3.63, 3.8) is 0 Å². The van der Waals surface area contributed by atoms with Crippen molar-refractivity contribution in [2.24, 2.45) is 0 Å². The van der Waals surface area contributed by atoms with Gasteiger partial charge in [0, 0.05) is 32.1 Å². The third-order valence-electron chi connectivity index (χ3n) is 4.52. The summed E-state index contributed by atoms with van der Waals surface area (Å²) in [4.78, 5) is 25.7. The number of hydrogen-bond acceptors (Lipinski definition) is 2. The number of amides is 3. The van der Waals surface area contributed by atoms with Gasteiger partial charge in [-0.25, -0.2) is 4.79 Å². The van der Waals surface area contributed by atoms with E-state index in [4.69, 9.17) is 0 Å². The van der Waals surface area contributed by atoms with Gasteiger partial charge in [-0.1, -0.05) is 25.7 Å². The Balaban J connectivity index is 1.58. The summed E-state index contributed by atoms with van der Waals surface area (Å²) in [5.41, 5.74) is 0. The molecule has 5 nitrogen and oxygen atoms in total. The van der Waals surface area contributed by atoms with E-state index in [-0.39, 0.29) is 11.9 Å². The summed E-state index contributed by atoms with van der Waals surface area (Å²) in [5, 5.41) is 5.86. The van der Waals surface area contributed by atoms with E-state index in [1.165, 1.54) is 32.1 Å². The molecular weight excluding hydrogens is 266 g/mol. The normalized spacial score (nSPS) is 20.7. The standard InChI is InChI=1S/C16H29N3O2/c20-15(19-12-6-3-7-13-19)10-11-17-16(21)18-14-8-4-1-2-5-9-14/h14H,1-13H2,(H2,17,18,21). The summed E-state index contributed by atoms with van der Waals surface area (Å²) in [6, 6.07) is 0.193. The molecule has 1 saturated heterocycles. The van der Waals surface area contributed by atoms with Crippen molar-refractivity contribution in [3.8, 4) is 0 Å². The second-order valence-corrected chi connectivity index (χ2v) is 6.28. The summed E-state index contributed by atoms with van der Waals surface area (Å²) in [6.45, 7) is 2.20. The molecule has 0 radical (unpaired) electrons. The topological polar surface area (TPSA) is 61.4 Å². The first kappa shape index (κ1) is 16.1. The van der Waals surface area contributed by atoms with Crippen LogP contribution >= 0.6 is 0 Å². The van der Waals surface area contributed by atoms with E-state index < -0.39 is 0 Å². The van der Waals surface area contributed by atoms with Gasteiger partial charge in [-0.15, -0.1) is 0 Å². The van der Waals surface area contributed by atoms with Crippen LogP contribution < -0.4 is 10.6 Å². The van der Waals surface area contributed by atoms with Crippen molar-refractivity contribution >= 4 is 11.9 Å². The highest BCUT2D eigenvalue weighted by Gasteiger charge is 2.17. The van der Waals surface area contributed by atoms with Crippen LogP contribution in [0.25, 0.3) is 0 Å². The summed E-state index contributed by atoms with van der Waals surface area (Å²) in [6.07, 6.45) is 11.0. The number of nitrogens with one attached hydrogen (secondary N) is 2. The largest absolute Gasteiger partial charge is 0.343 e. The monoisotopic (exact) mass is 295 g/mol. The Hall–Kier alpha value is -1.26. The van der Waals surface area contributed by atoms with Gasteiger partial charge in [0.2, 0.25) is 5.91 Å². The Morgan fingerprint density at radius 3 is 2.19 bits per heavy atom. The number of carbonyl (C=O) groups excluding carboxylic acids is 2. The van der Waals surface area contributed by atoms with Crippen LogP contribution in [0.3, 0.4) is 0 Å². The number of hydrogen-bond donors (Lipinski definition) is 2. The molecule has 21 heavy (non-hydrogen) atoms. The highest BCUT2D eigenvalue weighted by molar-refractivity contribution is 5.78. The van der Waals surface area contributed by atoms with Crippen LogP contribution in [0.15, 0.2) is 0 Å². The first-order valence-corrected chi connectivity index (χ1v) is 8.58. The number of nitrogens with zero attached hydrogens (tertiary/aromatic N) is 1. The summed E-state index contributed by atoms with van der Waals surface area (Å²) < 4.78 is 0. The molecule has 2 aliphatic rings. The summed E-state index contributed by atoms with van der Waals surface area (Å²) >= 11 is 0. The highest BCUT2D eigenvalue weighted by atomic mass is 16.2. The average molecular weight is 295 g/mol. The fourth-order valence-electron chi connectivity index (χ4n) is 3.24. The third-order valence-corrected chi connectivity index (χ3v) is 4.52. The van der Waals surface area contributed by atoms with E-state index in [0.717, 1.165) is 38.8 Å². The van der Waals surface area contributed by atoms with Crippen LogP contribution in [0.4, 0.5) is 4.79 Å². The van der Waals surface area contributed by atoms with Crippen LogP contribution in [-0.4, -0.2) is 42.5 Å². The maximum atomic E-state index is 12.0. The van der Waals surface area contributed by atoms with Gasteiger partial charge in [0.15, 0.2) is 0 Å². The maximum Gasteiger partial charge on any atom is 0.315 e. The second-order valence-electron chi connectivity index (χ2n) is 6.28. The van der Waals surface area contributed by atoms with Gasteiger partial charge in [0.1, 0.15) is 0 Å². The minimum Gasteiger partial charge on any atom is -0.343 e. The van der Waals surface area contributed by atoms with Crippen LogP contribution in [0, 0.1) is 0 Å². The van der Waals surface area contributed by atoms with Gasteiger partial charge in [0.25, 0.3) is 0 Å². The van der Waals surface area contributed by atoms with Crippen LogP contribution in [0.2, 0.25) is 0 Å². The van der Waals surface area contributed by atoms with Gasteiger partial charge >= 0.3 is 6.03 Å². The van der Waals surface area contributed by atoms with E-state index in [9.17, 15) is 9.59 Å². The van der Waals surface area contributed by atoms with Gasteiger partial charge in [0.05, 0.1) is 0 Å². The molecule has 1 aliphatic carbocycles. The second kappa shape index (κ2) is 8.90. The minimum atomic E-state index is -0.117. The molecule has 3 amide bonds. The van der Waals surface area contributed by atoms with Crippen molar-refractivity contribution in [3.05, 3.63) is 0 Å². The van der Waals surface area contributed by atoms with Gasteiger partial charge in [-0.2, -0.15) is 0 Å². The molecule has 2 rings (SSSR count). The lowest BCUT2D eigenvalue weighted by molar-refractivity contribution is -0.131. The molecule has 1 saturated carbocycles. The third kappa shape index (κ3) is 5.94. The number of piperidine rings is 1. The zero-order valence-corrected chi connectivity index (χ0v) is 13.0. The van der Waals surface area contributed by atoms with Crippen LogP contribution in [0.1, 0.15) is 64.2 Å². The first-order chi connectivity index (χ1) is 10.3. The molecule has 0 bridgehead atoms. The van der Waals surface area contributed by atoms with Gasteiger partial charge < -0.3 is 15.5 Å². The molecule has 0 aromatic carbocycles. The molecule has 1 heterocycles. The maximum absolute atomic E-state index is 12.0. The van der Waals surface area contributed by atoms with Crippen LogP contribution in [-0.2, 0) is 4.79 Å². The Bertz CT molecular complexity index is 332. The smallest absolute Gasteiger partial charge is 0.315 e. The highest BCUT2D eigenvalue weighted by Crippen LogP contribution is 2.17. The predicted octanol–water partition coefficient (Wildman–Crippen LogP) is 2.41. The van der Waals surface area contributed by atoms with Crippen molar-refractivity contribution in [2.45, 2.75) is 70.3 Å². The molecule has 2 fully saturated rings. The van der Waals surface area contributed by atoms with Crippen molar-refractivity contribution in [2.75, 3.05) is 19.6 Å². The Labute approximate surface area is 127 Å². The lowest BCUT2D eigenvalue weighted by Gasteiger charge is -2.26. The molecule has 0 atom stereocenters. The molecule has 0 aromatic rings. The Morgan fingerprint density at radius 2 is 1.52 bits per heavy atom. The minimum absolute atomic E-state index is 0.117. The Morgan fingerprint density at radius 1 is 0.905 bits per heavy atom. The molecule has 5 heteroatoms. The first-order valence-electron chi connectivity index (χ1n) is 8.58. The molecule has 1 aliphatic heterocycles. The number of likely N-dealkylation sites (tertiary alicyclic amines) is 1. The van der Waals surface area contributed by atoms with Crippen molar-refractivity contribution in [1.29, 1.82) is 0 Å². The fraction of sp³-hybridized carbons (Fsp3) is 0.875. The van der Waals surface area contributed by atoms with E-state index in [1.807, 2.05) is 4.90 Å². The SMILES string of the molecule is O=C(NCCC(=O)N1CCCCC1)NC1CCCCCC1. The van der Waals surface area contributed by atoms with Gasteiger partial charge in [-0.05, 0) is 32.1 Å². The van der Waals surface area contributed by atoms with E-state index >= 15 is 0 Å². The number of urea groups is 1. The predicted molar refractivity (Wildman–Crippen MR) is 83.1 cm³/mol. The molecular formula is C16H29N3O2. The quantitative estimate of drug-likeness (QED) is 0.782. The van der Waals surface area contributed by atoms with E-state index in [2.05, 4.69) is 10.6 Å². The molecule has 0 unspecified atom stereocenters. The van der Waals surface area contributed by atoms with Crippen molar-refractivity contribution in [1.82, 2.24) is 15.5 Å². The lowest BCUT2D eigenvalue weighted by atomic mass is 10.1. The lowest BCUT2D eigenvalue weighted by Crippen LogP contribution is -2.43. The van der Waals surface area contributed by atoms with E-state index in [0.29, 0.717) is 19.0 Å². The van der Waals surface area contributed by atoms with Gasteiger partial charge in [-0.3, -0.25) is 4.79 Å². The molecule has 0 aromatic heterocycles. The molecule has 2 N–H and O–H groups in total. The zero-order chi connectivity index (χ0) is 14.9. The van der Waals surface area contributed by atoms with E-state index in [1.54, 1.807) is 0 Å².